The molecule has 1 fully saturated rings. The van der Waals surface area contributed by atoms with Crippen LogP contribution < -0.4 is 0 Å². The molecule has 26 heavy (non-hydrogen) atoms. The molecular weight excluding hydrogens is 350 g/mol. The van der Waals surface area contributed by atoms with E-state index >= 15 is 0 Å². The highest BCUT2D eigenvalue weighted by molar-refractivity contribution is 8.03. The Morgan fingerprint density at radius 2 is 2.04 bits per heavy atom. The minimum absolute atomic E-state index is 0.0733. The van der Waals surface area contributed by atoms with Crippen LogP contribution in [0.15, 0.2) is 52.7 Å². The summed E-state index contributed by atoms with van der Waals surface area (Å²) in [6.45, 7) is 6.45. The largest absolute Gasteiger partial charge is 0.463 e. The molecule has 0 saturated carbocycles. The Morgan fingerprint density at radius 3 is 2.69 bits per heavy atom. The van der Waals surface area contributed by atoms with Crippen LogP contribution in [-0.4, -0.2) is 41.8 Å². The van der Waals surface area contributed by atoms with Gasteiger partial charge in [0.15, 0.2) is 0 Å². The second kappa shape index (κ2) is 7.99. The molecule has 0 N–H and O–H groups in total. The first-order chi connectivity index (χ1) is 12.5. The Balaban J connectivity index is 1.96. The zero-order valence-electron chi connectivity index (χ0n) is 15.2. The van der Waals surface area contributed by atoms with E-state index in [1.807, 2.05) is 44.2 Å². The standard InChI is InChI=1S/C20H23NO4S/c1-4-24-17(22)10-15-12-26-19-18(20(23)25-13(2)3)16(11-21(15)19)14-8-6-5-7-9-14/h5-10,13,16H,4,11-12H2,1-3H3. The fraction of sp³-hybridized carbons (Fsp3) is 0.400. The first kappa shape index (κ1) is 18.6. The van der Waals surface area contributed by atoms with Gasteiger partial charge in [-0.1, -0.05) is 30.3 Å². The maximum absolute atomic E-state index is 12.8. The van der Waals surface area contributed by atoms with Gasteiger partial charge in [-0.25, -0.2) is 9.59 Å². The van der Waals surface area contributed by atoms with Crippen LogP contribution in [0.4, 0.5) is 0 Å². The third-order valence-corrected chi connectivity index (χ3v) is 5.38. The fourth-order valence-electron chi connectivity index (χ4n) is 3.18. The number of carbonyl (C=O) groups is 2. The highest BCUT2D eigenvalue weighted by atomic mass is 32.2. The van der Waals surface area contributed by atoms with Crippen molar-refractivity contribution < 1.29 is 19.1 Å². The first-order valence-electron chi connectivity index (χ1n) is 8.79. The topological polar surface area (TPSA) is 55.8 Å². The van der Waals surface area contributed by atoms with Crippen molar-refractivity contribution in [2.75, 3.05) is 18.9 Å². The van der Waals surface area contributed by atoms with E-state index in [2.05, 4.69) is 4.90 Å². The van der Waals surface area contributed by atoms with Crippen molar-refractivity contribution in [1.29, 1.82) is 0 Å². The second-order valence-corrected chi connectivity index (χ2v) is 7.39. The number of nitrogens with zero attached hydrogens (tertiary/aromatic N) is 1. The number of hydrogen-bond acceptors (Lipinski definition) is 6. The highest BCUT2D eigenvalue weighted by Gasteiger charge is 2.42. The van der Waals surface area contributed by atoms with E-state index in [4.69, 9.17) is 9.47 Å². The lowest BCUT2D eigenvalue weighted by atomic mass is 9.93. The molecule has 0 spiro atoms. The van der Waals surface area contributed by atoms with E-state index in [1.165, 1.54) is 6.08 Å². The lowest BCUT2D eigenvalue weighted by molar-refractivity contribution is -0.143. The number of ether oxygens (including phenoxy) is 2. The summed E-state index contributed by atoms with van der Waals surface area (Å²) in [4.78, 5) is 26.7. The SMILES string of the molecule is CCOC(=O)C=C1CSC2=C(C(=O)OC(C)C)C(c3ccccc3)CN12. The summed E-state index contributed by atoms with van der Waals surface area (Å²) in [7, 11) is 0. The molecule has 1 atom stereocenters. The molecule has 2 heterocycles. The van der Waals surface area contributed by atoms with Gasteiger partial charge in [0, 0.05) is 30.0 Å². The van der Waals surface area contributed by atoms with Crippen LogP contribution in [0.25, 0.3) is 0 Å². The van der Waals surface area contributed by atoms with Gasteiger partial charge < -0.3 is 14.4 Å². The summed E-state index contributed by atoms with van der Waals surface area (Å²) in [5.41, 5.74) is 2.63. The zero-order valence-corrected chi connectivity index (χ0v) is 16.0. The monoisotopic (exact) mass is 373 g/mol. The van der Waals surface area contributed by atoms with E-state index in [0.29, 0.717) is 24.5 Å². The third-order valence-electron chi connectivity index (χ3n) is 4.23. The Bertz CT molecular complexity index is 754. The lowest BCUT2D eigenvalue weighted by Gasteiger charge is -2.18. The molecule has 1 aromatic carbocycles. The minimum atomic E-state index is -0.348. The molecule has 1 aromatic rings. The van der Waals surface area contributed by atoms with E-state index in [0.717, 1.165) is 16.3 Å². The molecule has 0 aromatic heterocycles. The van der Waals surface area contributed by atoms with Crippen molar-refractivity contribution >= 4 is 23.7 Å². The van der Waals surface area contributed by atoms with Crippen LogP contribution in [0.2, 0.25) is 0 Å². The van der Waals surface area contributed by atoms with Gasteiger partial charge in [-0.05, 0) is 26.3 Å². The van der Waals surface area contributed by atoms with Gasteiger partial charge in [-0.3, -0.25) is 0 Å². The van der Waals surface area contributed by atoms with Crippen molar-refractivity contribution in [2.45, 2.75) is 32.8 Å². The maximum atomic E-state index is 12.8. The molecule has 2 aliphatic heterocycles. The van der Waals surface area contributed by atoms with Crippen molar-refractivity contribution in [3.05, 3.63) is 58.3 Å². The molecule has 2 aliphatic rings. The zero-order chi connectivity index (χ0) is 18.7. The van der Waals surface area contributed by atoms with Gasteiger partial charge in [0.2, 0.25) is 0 Å². The Hall–Kier alpha value is -2.21. The van der Waals surface area contributed by atoms with Gasteiger partial charge in [-0.2, -0.15) is 0 Å². The van der Waals surface area contributed by atoms with Crippen molar-refractivity contribution in [1.82, 2.24) is 4.90 Å². The average Bonchev–Trinajstić information content (AvgIpc) is 3.15. The van der Waals surface area contributed by atoms with Crippen molar-refractivity contribution in [2.24, 2.45) is 0 Å². The summed E-state index contributed by atoms with van der Waals surface area (Å²) < 4.78 is 10.5. The van der Waals surface area contributed by atoms with E-state index in [1.54, 1.807) is 18.7 Å². The number of fused-ring (bicyclic) bond motifs is 1. The molecule has 1 saturated heterocycles. The quantitative estimate of drug-likeness (QED) is 0.582. The fourth-order valence-corrected chi connectivity index (χ4v) is 4.43. The minimum Gasteiger partial charge on any atom is -0.463 e. The summed E-state index contributed by atoms with van der Waals surface area (Å²) in [6.07, 6.45) is 1.35. The van der Waals surface area contributed by atoms with E-state index < -0.39 is 0 Å². The normalized spacial score (nSPS) is 20.7. The summed E-state index contributed by atoms with van der Waals surface area (Å²) in [5, 5.41) is 0.889. The Morgan fingerprint density at radius 1 is 1.31 bits per heavy atom. The first-order valence-corrected chi connectivity index (χ1v) is 9.77. The predicted octanol–water partition coefficient (Wildman–Crippen LogP) is 3.44. The maximum Gasteiger partial charge on any atom is 0.337 e. The molecule has 1 unspecified atom stereocenters. The van der Waals surface area contributed by atoms with Gasteiger partial charge in [-0.15, -0.1) is 11.8 Å². The second-order valence-electron chi connectivity index (χ2n) is 6.42. The van der Waals surface area contributed by atoms with Crippen molar-refractivity contribution in [3.8, 4) is 0 Å². The smallest absolute Gasteiger partial charge is 0.337 e. The van der Waals surface area contributed by atoms with Gasteiger partial charge in [0.05, 0.1) is 23.3 Å². The molecule has 138 valence electrons. The van der Waals surface area contributed by atoms with E-state index in [9.17, 15) is 9.59 Å². The highest BCUT2D eigenvalue weighted by Crippen LogP contribution is 2.48. The van der Waals surface area contributed by atoms with Gasteiger partial charge in [0.25, 0.3) is 0 Å². The van der Waals surface area contributed by atoms with E-state index in [-0.39, 0.29) is 24.0 Å². The van der Waals surface area contributed by atoms with Crippen LogP contribution >= 0.6 is 11.8 Å². The van der Waals surface area contributed by atoms with Crippen LogP contribution in [0.3, 0.4) is 0 Å². The summed E-state index contributed by atoms with van der Waals surface area (Å²) in [6, 6.07) is 9.94. The number of esters is 2. The molecule has 0 radical (unpaired) electrons. The van der Waals surface area contributed by atoms with Gasteiger partial charge >= 0.3 is 11.9 Å². The van der Waals surface area contributed by atoms with Crippen LogP contribution in [0, 0.1) is 0 Å². The Labute approximate surface area is 158 Å². The number of carbonyl (C=O) groups excluding carboxylic acids is 2. The van der Waals surface area contributed by atoms with Crippen LogP contribution in [0.5, 0.6) is 0 Å². The summed E-state index contributed by atoms with van der Waals surface area (Å²) in [5.74, 6) is -0.0559. The number of hydrogen-bond donors (Lipinski definition) is 0. The average molecular weight is 373 g/mol. The van der Waals surface area contributed by atoms with Crippen LogP contribution in [-0.2, 0) is 19.1 Å². The van der Waals surface area contributed by atoms with Crippen molar-refractivity contribution in [3.63, 3.8) is 0 Å². The number of rotatable bonds is 5. The molecule has 0 aliphatic carbocycles. The Kier molecular flexibility index (Phi) is 5.71. The number of thioether (sulfide) groups is 1. The predicted molar refractivity (Wildman–Crippen MR) is 101 cm³/mol. The molecule has 5 nitrogen and oxygen atoms in total. The molecule has 6 heteroatoms. The lowest BCUT2D eigenvalue weighted by Crippen LogP contribution is -2.20. The molecule has 3 rings (SSSR count). The molecule has 0 bridgehead atoms. The van der Waals surface area contributed by atoms with Gasteiger partial charge in [0.1, 0.15) is 0 Å². The molecular formula is C20H23NO4S. The molecule has 0 amide bonds. The third kappa shape index (κ3) is 3.80. The number of benzene rings is 1. The van der Waals surface area contributed by atoms with Crippen LogP contribution in [0.1, 0.15) is 32.3 Å². The summed E-state index contributed by atoms with van der Waals surface area (Å²) >= 11 is 1.57.